The molecule has 2 amide bonds. The number of nitrogens with zero attached hydrogens (tertiary/aromatic N) is 2. The summed E-state index contributed by atoms with van der Waals surface area (Å²) in [4.78, 5) is 36.3. The van der Waals surface area contributed by atoms with E-state index in [1.54, 1.807) is 13.0 Å². The highest BCUT2D eigenvalue weighted by atomic mass is 19.4. The Morgan fingerprint density at radius 3 is 2.41 bits per heavy atom. The van der Waals surface area contributed by atoms with Crippen LogP contribution in [0.4, 0.5) is 18.9 Å². The highest BCUT2D eigenvalue weighted by Gasteiger charge is 2.40. The van der Waals surface area contributed by atoms with Crippen LogP contribution in [0.3, 0.4) is 0 Å². The molecule has 1 aromatic rings. The van der Waals surface area contributed by atoms with Crippen molar-refractivity contribution in [3.63, 3.8) is 0 Å². The number of carbonyl (C=O) groups excluding carboxylic acids is 3. The summed E-state index contributed by atoms with van der Waals surface area (Å²) in [6, 6.07) is 6.57. The number of anilines is 1. The monoisotopic (exact) mass is 411 g/mol. The average molecular weight is 411 g/mol. The fourth-order valence-electron chi connectivity index (χ4n) is 2.75. The summed E-state index contributed by atoms with van der Waals surface area (Å²) >= 11 is 0. The third-order valence-corrected chi connectivity index (χ3v) is 4.44. The molecular formula is C19H20F3N3O4. The second-order valence-electron chi connectivity index (χ2n) is 6.75. The van der Waals surface area contributed by atoms with Gasteiger partial charge in [0, 0.05) is 11.7 Å². The molecule has 1 N–H and O–H groups in total. The predicted octanol–water partition coefficient (Wildman–Crippen LogP) is 2.88. The van der Waals surface area contributed by atoms with Crippen LogP contribution < -0.4 is 5.32 Å². The van der Waals surface area contributed by atoms with Crippen LogP contribution in [-0.2, 0) is 14.3 Å². The quantitative estimate of drug-likeness (QED) is 0.663. The van der Waals surface area contributed by atoms with Crippen molar-refractivity contribution in [2.45, 2.75) is 38.4 Å². The first-order chi connectivity index (χ1) is 13.6. The number of rotatable bonds is 8. The van der Waals surface area contributed by atoms with Gasteiger partial charge in [-0.25, -0.2) is 4.79 Å². The molecule has 0 radical (unpaired) electrons. The van der Waals surface area contributed by atoms with Gasteiger partial charge in [-0.05, 0) is 49.9 Å². The van der Waals surface area contributed by atoms with Gasteiger partial charge in [-0.2, -0.15) is 18.4 Å². The molecule has 0 heterocycles. The third kappa shape index (κ3) is 7.10. The largest absolute Gasteiger partial charge is 0.452 e. The second kappa shape index (κ2) is 9.41. The molecule has 1 saturated carbocycles. The van der Waals surface area contributed by atoms with E-state index in [0.29, 0.717) is 10.6 Å². The van der Waals surface area contributed by atoms with Crippen molar-refractivity contribution in [3.8, 4) is 6.07 Å². The lowest BCUT2D eigenvalue weighted by Crippen LogP contribution is -2.47. The number of nitrogens with one attached hydrogen (secondary N) is 1. The smallest absolute Gasteiger partial charge is 0.406 e. The zero-order valence-corrected chi connectivity index (χ0v) is 15.7. The molecule has 156 valence electrons. The van der Waals surface area contributed by atoms with E-state index in [4.69, 9.17) is 10.00 Å². The standard InChI is InChI=1S/C19H20F3N3O4/c1-12(13-2-3-13)25(11-19(20,21)22)17(27)10-29-18(28)14-4-6-15(7-5-14)24-16(26)8-9-23/h4-7,12-13H,2-3,8,10-11H2,1H3,(H,24,26)/t12-/m0/s1. The molecule has 0 aromatic heterocycles. The van der Waals surface area contributed by atoms with Gasteiger partial charge < -0.3 is 15.0 Å². The summed E-state index contributed by atoms with van der Waals surface area (Å²) in [6.45, 7) is -0.632. The summed E-state index contributed by atoms with van der Waals surface area (Å²) in [5, 5.41) is 10.9. The number of benzene rings is 1. The number of alkyl halides is 3. The van der Waals surface area contributed by atoms with Gasteiger partial charge in [-0.15, -0.1) is 0 Å². The van der Waals surface area contributed by atoms with Gasteiger partial charge in [-0.1, -0.05) is 0 Å². The summed E-state index contributed by atoms with van der Waals surface area (Å²) in [5.41, 5.74) is 0.418. The normalized spacial score (nSPS) is 14.4. The zero-order chi connectivity index (χ0) is 21.6. The van der Waals surface area contributed by atoms with Gasteiger partial charge in [0.1, 0.15) is 13.0 Å². The van der Waals surface area contributed by atoms with E-state index in [-0.39, 0.29) is 17.9 Å². The molecule has 0 aliphatic heterocycles. The highest BCUT2D eigenvalue weighted by molar-refractivity contribution is 5.94. The number of esters is 1. The second-order valence-corrected chi connectivity index (χ2v) is 6.75. The van der Waals surface area contributed by atoms with E-state index in [2.05, 4.69) is 5.32 Å². The minimum Gasteiger partial charge on any atom is -0.452 e. The fraction of sp³-hybridized carbons (Fsp3) is 0.474. The van der Waals surface area contributed by atoms with Gasteiger partial charge >= 0.3 is 12.1 Å². The third-order valence-electron chi connectivity index (χ3n) is 4.44. The average Bonchev–Trinajstić information content (AvgIpc) is 3.48. The van der Waals surface area contributed by atoms with Crippen LogP contribution in [0.5, 0.6) is 0 Å². The van der Waals surface area contributed by atoms with Gasteiger partial charge in [-0.3, -0.25) is 9.59 Å². The molecule has 0 saturated heterocycles. The maximum absolute atomic E-state index is 12.8. The molecule has 1 atom stereocenters. The van der Waals surface area contributed by atoms with Crippen LogP contribution in [0, 0.1) is 17.2 Å². The number of hydrogen-bond donors (Lipinski definition) is 1. The molecule has 7 nitrogen and oxygen atoms in total. The highest BCUT2D eigenvalue weighted by Crippen LogP contribution is 2.36. The predicted molar refractivity (Wildman–Crippen MR) is 95.5 cm³/mol. The van der Waals surface area contributed by atoms with Crippen molar-refractivity contribution in [1.29, 1.82) is 5.26 Å². The van der Waals surface area contributed by atoms with Crippen molar-refractivity contribution in [1.82, 2.24) is 4.90 Å². The molecule has 0 unspecified atom stereocenters. The number of nitriles is 1. The molecule has 1 aliphatic rings. The van der Waals surface area contributed by atoms with Gasteiger partial charge in [0.15, 0.2) is 6.61 Å². The molecule has 0 bridgehead atoms. The minimum absolute atomic E-state index is 0.0285. The number of ether oxygens (including phenoxy) is 1. The van der Waals surface area contributed by atoms with Crippen molar-refractivity contribution in [3.05, 3.63) is 29.8 Å². The van der Waals surface area contributed by atoms with Crippen LogP contribution in [0.25, 0.3) is 0 Å². The number of hydrogen-bond acceptors (Lipinski definition) is 5. The van der Waals surface area contributed by atoms with Crippen LogP contribution >= 0.6 is 0 Å². The summed E-state index contributed by atoms with van der Waals surface area (Å²) in [5.74, 6) is -2.27. The van der Waals surface area contributed by atoms with Gasteiger partial charge in [0.2, 0.25) is 5.91 Å². The maximum atomic E-state index is 12.8. The molecule has 10 heteroatoms. The lowest BCUT2D eigenvalue weighted by Gasteiger charge is -2.30. The Balaban J connectivity index is 1.93. The summed E-state index contributed by atoms with van der Waals surface area (Å²) < 4.78 is 43.3. The van der Waals surface area contributed by atoms with E-state index in [0.717, 1.165) is 12.8 Å². The Morgan fingerprint density at radius 1 is 1.28 bits per heavy atom. The molecule has 1 aliphatic carbocycles. The van der Waals surface area contributed by atoms with Crippen molar-refractivity contribution in [2.24, 2.45) is 5.92 Å². The Morgan fingerprint density at radius 2 is 1.90 bits per heavy atom. The Hall–Kier alpha value is -3.09. The first kappa shape index (κ1) is 22.2. The zero-order valence-electron chi connectivity index (χ0n) is 15.7. The number of amides is 2. The molecule has 2 rings (SSSR count). The van der Waals surface area contributed by atoms with Crippen molar-refractivity contribution in [2.75, 3.05) is 18.5 Å². The summed E-state index contributed by atoms with van der Waals surface area (Å²) in [7, 11) is 0. The maximum Gasteiger partial charge on any atom is 0.406 e. The van der Waals surface area contributed by atoms with E-state index < -0.39 is 43.2 Å². The van der Waals surface area contributed by atoms with E-state index in [1.807, 2.05) is 0 Å². The topological polar surface area (TPSA) is 99.5 Å². The lowest BCUT2D eigenvalue weighted by atomic mass is 10.2. The number of halogens is 3. The van der Waals surface area contributed by atoms with Crippen LogP contribution in [0.2, 0.25) is 0 Å². The minimum atomic E-state index is -4.55. The Labute approximate surface area is 165 Å². The van der Waals surface area contributed by atoms with Gasteiger partial charge in [0.25, 0.3) is 5.91 Å². The van der Waals surface area contributed by atoms with E-state index >= 15 is 0 Å². The Bertz CT molecular complexity index is 798. The number of carbonyl (C=O) groups is 3. The van der Waals surface area contributed by atoms with Crippen molar-refractivity contribution >= 4 is 23.5 Å². The van der Waals surface area contributed by atoms with E-state index in [1.165, 1.54) is 24.3 Å². The molecule has 1 fully saturated rings. The SMILES string of the molecule is C[C@@H](C1CC1)N(CC(F)(F)F)C(=O)COC(=O)c1ccc(NC(=O)CC#N)cc1. The van der Waals surface area contributed by atoms with E-state index in [9.17, 15) is 27.6 Å². The van der Waals surface area contributed by atoms with Crippen LogP contribution in [0.15, 0.2) is 24.3 Å². The molecule has 1 aromatic carbocycles. The van der Waals surface area contributed by atoms with Gasteiger partial charge in [0.05, 0.1) is 11.6 Å². The summed E-state index contributed by atoms with van der Waals surface area (Å²) in [6.07, 6.45) is -3.34. The first-order valence-corrected chi connectivity index (χ1v) is 8.91. The fourth-order valence-corrected chi connectivity index (χ4v) is 2.75. The first-order valence-electron chi connectivity index (χ1n) is 8.91. The van der Waals surface area contributed by atoms with Crippen LogP contribution in [-0.4, -0.2) is 48.1 Å². The molecule has 29 heavy (non-hydrogen) atoms. The molecule has 0 spiro atoms. The van der Waals surface area contributed by atoms with Crippen molar-refractivity contribution < 1.29 is 32.3 Å². The Kier molecular flexibility index (Phi) is 7.20. The molecular weight excluding hydrogens is 391 g/mol. The lowest BCUT2D eigenvalue weighted by molar-refractivity contribution is -0.167. The van der Waals surface area contributed by atoms with Crippen LogP contribution in [0.1, 0.15) is 36.5 Å².